The van der Waals surface area contributed by atoms with Crippen LogP contribution in [0.1, 0.15) is 38.2 Å². The molecule has 0 aliphatic heterocycles. The van der Waals surface area contributed by atoms with Crippen molar-refractivity contribution in [1.82, 2.24) is 14.9 Å². The number of rotatable bonds is 9. The summed E-state index contributed by atoms with van der Waals surface area (Å²) in [6.45, 7) is 5.54. The summed E-state index contributed by atoms with van der Waals surface area (Å²) in [6, 6.07) is 21.9. The van der Waals surface area contributed by atoms with Gasteiger partial charge in [-0.05, 0) is 66.8 Å². The summed E-state index contributed by atoms with van der Waals surface area (Å²) in [5.41, 5.74) is 5.77. The molecule has 0 spiro atoms. The monoisotopic (exact) mass is 451 g/mol. The van der Waals surface area contributed by atoms with Crippen LogP contribution < -0.4 is 4.74 Å². The molecule has 2 heterocycles. The van der Waals surface area contributed by atoms with E-state index < -0.39 is 0 Å². The Kier molecular flexibility index (Phi) is 7.66. The minimum absolute atomic E-state index is 0.00444. The van der Waals surface area contributed by atoms with Gasteiger partial charge in [0.25, 0.3) is 5.91 Å². The number of nitrogens with zero attached hydrogens (tertiary/aromatic N) is 3. The Morgan fingerprint density at radius 1 is 0.824 bits per heavy atom. The van der Waals surface area contributed by atoms with Crippen LogP contribution in [0.3, 0.4) is 0 Å². The third-order valence-electron chi connectivity index (χ3n) is 5.71. The lowest BCUT2D eigenvalue weighted by molar-refractivity contribution is 0.0744. The van der Waals surface area contributed by atoms with Gasteiger partial charge in [-0.3, -0.25) is 14.8 Å². The van der Waals surface area contributed by atoms with Crippen molar-refractivity contribution in [2.75, 3.05) is 6.54 Å². The average molecular weight is 452 g/mol. The van der Waals surface area contributed by atoms with Crippen molar-refractivity contribution in [1.29, 1.82) is 0 Å². The molecule has 0 fully saturated rings. The maximum atomic E-state index is 13.6. The molecule has 172 valence electrons. The van der Waals surface area contributed by atoms with Crippen molar-refractivity contribution in [3.05, 3.63) is 125 Å². The Labute approximate surface area is 201 Å². The maximum Gasteiger partial charge on any atom is 0.254 e. The zero-order valence-corrected chi connectivity index (χ0v) is 19.6. The third-order valence-corrected chi connectivity index (χ3v) is 5.71. The number of hydrogen-bond donors (Lipinski definition) is 0. The van der Waals surface area contributed by atoms with Crippen molar-refractivity contribution in [2.45, 2.75) is 33.4 Å². The lowest BCUT2D eigenvalue weighted by Gasteiger charge is -2.24. The van der Waals surface area contributed by atoms with Gasteiger partial charge in [0.1, 0.15) is 12.4 Å². The minimum Gasteiger partial charge on any atom is -0.488 e. The first kappa shape index (κ1) is 23.2. The van der Waals surface area contributed by atoms with Crippen LogP contribution in [0.25, 0.3) is 0 Å². The van der Waals surface area contributed by atoms with Gasteiger partial charge in [0.05, 0.1) is 0 Å². The Balaban J connectivity index is 1.53. The summed E-state index contributed by atoms with van der Waals surface area (Å²) in [7, 11) is 0. The molecule has 0 bridgehead atoms. The van der Waals surface area contributed by atoms with Gasteiger partial charge in [-0.2, -0.15) is 0 Å². The molecule has 0 radical (unpaired) electrons. The summed E-state index contributed by atoms with van der Waals surface area (Å²) >= 11 is 0. The number of aromatic nitrogens is 2. The van der Waals surface area contributed by atoms with Gasteiger partial charge < -0.3 is 9.64 Å². The number of benzene rings is 2. The first-order valence-electron chi connectivity index (χ1n) is 11.4. The highest BCUT2D eigenvalue weighted by Gasteiger charge is 2.19. The second-order valence-corrected chi connectivity index (χ2v) is 8.41. The highest BCUT2D eigenvalue weighted by atomic mass is 16.5. The molecule has 4 rings (SSSR count). The summed E-state index contributed by atoms with van der Waals surface area (Å²) in [5, 5.41) is 0. The average Bonchev–Trinajstić information content (AvgIpc) is 2.87. The largest absolute Gasteiger partial charge is 0.488 e. The molecule has 0 N–H and O–H groups in total. The molecular formula is C29H29N3O2. The smallest absolute Gasteiger partial charge is 0.254 e. The molecular weight excluding hydrogens is 422 g/mol. The fourth-order valence-corrected chi connectivity index (χ4v) is 4.00. The molecule has 2 aromatic carbocycles. The Hall–Kier alpha value is -3.99. The van der Waals surface area contributed by atoms with Gasteiger partial charge in [0.2, 0.25) is 0 Å². The first-order valence-corrected chi connectivity index (χ1v) is 11.4. The van der Waals surface area contributed by atoms with E-state index in [1.807, 2.05) is 79.5 Å². The Morgan fingerprint density at radius 3 is 2.06 bits per heavy atom. The van der Waals surface area contributed by atoms with Crippen LogP contribution in [0.4, 0.5) is 0 Å². The van der Waals surface area contributed by atoms with Crippen LogP contribution in [0.15, 0.2) is 91.5 Å². The van der Waals surface area contributed by atoms with E-state index in [4.69, 9.17) is 4.74 Å². The lowest BCUT2D eigenvalue weighted by Crippen LogP contribution is -2.32. The summed E-state index contributed by atoms with van der Waals surface area (Å²) in [6.07, 6.45) is 7.89. The molecule has 34 heavy (non-hydrogen) atoms. The van der Waals surface area contributed by atoms with E-state index in [9.17, 15) is 4.79 Å². The molecule has 0 atom stereocenters. The molecule has 5 heteroatoms. The number of aryl methyl sites for hydroxylation is 2. The molecule has 0 saturated heterocycles. The fourth-order valence-electron chi connectivity index (χ4n) is 4.00. The molecule has 0 unspecified atom stereocenters. The number of pyridine rings is 2. The molecule has 1 amide bonds. The second kappa shape index (κ2) is 11.2. The number of hydrogen-bond acceptors (Lipinski definition) is 4. The van der Waals surface area contributed by atoms with Crippen LogP contribution in [0.5, 0.6) is 5.75 Å². The highest BCUT2D eigenvalue weighted by Crippen LogP contribution is 2.27. The maximum absolute atomic E-state index is 13.6. The van der Waals surface area contributed by atoms with E-state index in [-0.39, 0.29) is 5.91 Å². The van der Waals surface area contributed by atoms with Crippen LogP contribution in [-0.4, -0.2) is 27.3 Å². The quantitative estimate of drug-likeness (QED) is 0.334. The van der Waals surface area contributed by atoms with Gasteiger partial charge in [0, 0.05) is 49.0 Å². The van der Waals surface area contributed by atoms with Gasteiger partial charge in [-0.15, -0.1) is 0 Å². The van der Waals surface area contributed by atoms with Crippen molar-refractivity contribution in [2.24, 2.45) is 0 Å². The predicted molar refractivity (Wildman–Crippen MR) is 134 cm³/mol. The highest BCUT2D eigenvalue weighted by molar-refractivity contribution is 5.95. The van der Waals surface area contributed by atoms with Crippen molar-refractivity contribution < 1.29 is 9.53 Å². The number of amides is 1. The van der Waals surface area contributed by atoms with E-state index >= 15 is 0 Å². The fraction of sp³-hybridized carbons (Fsp3) is 0.207. The summed E-state index contributed by atoms with van der Waals surface area (Å²) in [5.74, 6) is 0.813. The van der Waals surface area contributed by atoms with Crippen LogP contribution in [0.2, 0.25) is 0 Å². The lowest BCUT2D eigenvalue weighted by atomic mass is 10.0. The van der Waals surface area contributed by atoms with Crippen molar-refractivity contribution in [3.8, 4) is 5.75 Å². The molecule has 0 aliphatic carbocycles. The zero-order chi connectivity index (χ0) is 23.8. The molecule has 2 aromatic heterocycles. The number of carbonyl (C=O) groups excluding carboxylic acids is 1. The van der Waals surface area contributed by atoms with Crippen LogP contribution in [-0.2, 0) is 19.6 Å². The zero-order valence-electron chi connectivity index (χ0n) is 19.6. The first-order chi connectivity index (χ1) is 16.6. The van der Waals surface area contributed by atoms with Gasteiger partial charge >= 0.3 is 0 Å². The van der Waals surface area contributed by atoms with E-state index in [1.165, 1.54) is 5.56 Å². The summed E-state index contributed by atoms with van der Waals surface area (Å²) in [4.78, 5) is 23.9. The molecule has 4 aromatic rings. The summed E-state index contributed by atoms with van der Waals surface area (Å²) < 4.78 is 6.08. The van der Waals surface area contributed by atoms with E-state index in [0.29, 0.717) is 25.3 Å². The van der Waals surface area contributed by atoms with Crippen LogP contribution >= 0.6 is 0 Å². The predicted octanol–water partition coefficient (Wildman–Crippen LogP) is 5.56. The topological polar surface area (TPSA) is 55.3 Å². The third kappa shape index (κ3) is 6.07. The van der Waals surface area contributed by atoms with Gasteiger partial charge in [-0.25, -0.2) is 0 Å². The van der Waals surface area contributed by atoms with E-state index in [1.54, 1.807) is 18.6 Å². The Bertz CT molecular complexity index is 1190. The normalized spacial score (nSPS) is 10.6. The van der Waals surface area contributed by atoms with Gasteiger partial charge in [0.15, 0.2) is 0 Å². The minimum atomic E-state index is 0.00444. The second-order valence-electron chi connectivity index (χ2n) is 8.41. The standard InChI is InChI=1S/C29H29N3O2/c1-22-16-27(17-23(2)28(22)34-21-26-11-7-14-31-19-26)29(33)32(20-25-10-6-13-30-18-25)15-12-24-8-4-3-5-9-24/h3-11,13-14,16-19H,12,15,20-21H2,1-2H3. The van der Waals surface area contributed by atoms with Crippen molar-refractivity contribution >= 4 is 5.91 Å². The van der Waals surface area contributed by atoms with E-state index in [0.717, 1.165) is 34.4 Å². The Morgan fingerprint density at radius 2 is 1.44 bits per heavy atom. The van der Waals surface area contributed by atoms with Gasteiger partial charge in [-0.1, -0.05) is 42.5 Å². The number of ether oxygens (including phenoxy) is 1. The number of carbonyl (C=O) groups is 1. The van der Waals surface area contributed by atoms with Crippen molar-refractivity contribution in [3.63, 3.8) is 0 Å². The SMILES string of the molecule is Cc1cc(C(=O)N(CCc2ccccc2)Cc2cccnc2)cc(C)c1OCc1cccnc1. The van der Waals surface area contributed by atoms with Crippen LogP contribution in [0, 0.1) is 13.8 Å². The molecule has 0 saturated carbocycles. The van der Waals surface area contributed by atoms with E-state index in [2.05, 4.69) is 22.1 Å². The molecule has 5 nitrogen and oxygen atoms in total. The molecule has 0 aliphatic rings.